The normalized spacial score (nSPS) is 25.7. The molecule has 3 rings (SSSR count). The number of anilines is 1. The zero-order valence-electron chi connectivity index (χ0n) is 13.8. The number of amides is 1. The van der Waals surface area contributed by atoms with Crippen molar-refractivity contribution >= 4 is 11.6 Å². The molecule has 3 nitrogen and oxygen atoms in total. The summed E-state index contributed by atoms with van der Waals surface area (Å²) in [6, 6.07) is 4.22. The molecule has 3 unspecified atom stereocenters. The van der Waals surface area contributed by atoms with E-state index in [0.29, 0.717) is 12.5 Å². The van der Waals surface area contributed by atoms with Gasteiger partial charge in [-0.15, -0.1) is 0 Å². The Labute approximate surface area is 133 Å². The Kier molecular flexibility index (Phi) is 4.34. The Hall–Kier alpha value is -1.61. The summed E-state index contributed by atoms with van der Waals surface area (Å²) in [6.45, 7) is 7.52. The topological polar surface area (TPSA) is 41.1 Å². The van der Waals surface area contributed by atoms with Gasteiger partial charge in [0.15, 0.2) is 0 Å². The SMILES string of the molecule is Cc1cc(C)c(NC(=O)CNCC2CC3C=CC2C3)c(C)c1. The first-order chi connectivity index (χ1) is 10.5. The molecule has 2 aliphatic rings. The fourth-order valence-electron chi connectivity index (χ4n) is 4.06. The minimum absolute atomic E-state index is 0.0498. The highest BCUT2D eigenvalue weighted by atomic mass is 16.1. The second-order valence-corrected chi connectivity index (χ2v) is 6.99. The van der Waals surface area contributed by atoms with Crippen LogP contribution in [0.2, 0.25) is 0 Å². The molecule has 1 aromatic carbocycles. The molecule has 0 spiro atoms. The van der Waals surface area contributed by atoms with Gasteiger partial charge in [-0.05, 0) is 69.0 Å². The Bertz CT molecular complexity index is 582. The molecule has 1 aromatic rings. The smallest absolute Gasteiger partial charge is 0.238 e. The summed E-state index contributed by atoms with van der Waals surface area (Å²) in [5.41, 5.74) is 4.45. The summed E-state index contributed by atoms with van der Waals surface area (Å²) < 4.78 is 0. The average molecular weight is 298 g/mol. The lowest BCUT2D eigenvalue weighted by Crippen LogP contribution is -2.33. The monoisotopic (exact) mass is 298 g/mol. The molecular weight excluding hydrogens is 272 g/mol. The number of hydrogen-bond acceptors (Lipinski definition) is 2. The predicted molar refractivity (Wildman–Crippen MR) is 91.0 cm³/mol. The predicted octanol–water partition coefficient (Wildman–Crippen LogP) is 3.35. The van der Waals surface area contributed by atoms with Crippen molar-refractivity contribution in [2.24, 2.45) is 17.8 Å². The van der Waals surface area contributed by atoms with Gasteiger partial charge in [-0.1, -0.05) is 29.8 Å². The second-order valence-electron chi connectivity index (χ2n) is 6.99. The summed E-state index contributed by atoms with van der Waals surface area (Å²) in [5, 5.41) is 6.39. The Morgan fingerprint density at radius 2 is 1.86 bits per heavy atom. The van der Waals surface area contributed by atoms with Gasteiger partial charge in [0, 0.05) is 5.69 Å². The summed E-state index contributed by atoms with van der Waals surface area (Å²) in [4.78, 5) is 12.1. The third-order valence-corrected chi connectivity index (χ3v) is 5.05. The third kappa shape index (κ3) is 3.25. The molecule has 0 aliphatic heterocycles. The Balaban J connectivity index is 1.48. The Morgan fingerprint density at radius 3 is 2.45 bits per heavy atom. The van der Waals surface area contributed by atoms with Gasteiger partial charge in [0.25, 0.3) is 0 Å². The van der Waals surface area contributed by atoms with Gasteiger partial charge in [-0.25, -0.2) is 0 Å². The second kappa shape index (κ2) is 6.25. The van der Waals surface area contributed by atoms with Gasteiger partial charge in [0.2, 0.25) is 5.91 Å². The quantitative estimate of drug-likeness (QED) is 0.819. The van der Waals surface area contributed by atoms with Crippen molar-refractivity contribution in [2.75, 3.05) is 18.4 Å². The van der Waals surface area contributed by atoms with Gasteiger partial charge < -0.3 is 10.6 Å². The first-order valence-electron chi connectivity index (χ1n) is 8.29. The molecule has 1 fully saturated rings. The van der Waals surface area contributed by atoms with Crippen LogP contribution in [-0.2, 0) is 4.79 Å². The molecule has 0 heterocycles. The summed E-state index contributed by atoms with van der Waals surface area (Å²) in [5.74, 6) is 2.30. The van der Waals surface area contributed by atoms with E-state index in [1.165, 1.54) is 18.4 Å². The molecule has 2 aliphatic carbocycles. The van der Waals surface area contributed by atoms with E-state index in [1.807, 2.05) is 13.8 Å². The van der Waals surface area contributed by atoms with E-state index in [-0.39, 0.29) is 5.91 Å². The van der Waals surface area contributed by atoms with Crippen LogP contribution in [0.3, 0.4) is 0 Å². The molecule has 3 heteroatoms. The molecule has 22 heavy (non-hydrogen) atoms. The fourth-order valence-corrected chi connectivity index (χ4v) is 4.06. The standard InChI is InChI=1S/C19H26N2O/c1-12-6-13(2)19(14(3)7-12)21-18(22)11-20-10-17-9-15-4-5-16(17)8-15/h4-7,15-17,20H,8-11H2,1-3H3,(H,21,22). The maximum atomic E-state index is 12.1. The van der Waals surface area contributed by atoms with E-state index in [2.05, 4.69) is 41.8 Å². The molecule has 0 saturated heterocycles. The average Bonchev–Trinajstić information content (AvgIpc) is 3.05. The summed E-state index contributed by atoms with van der Waals surface area (Å²) in [7, 11) is 0. The van der Waals surface area contributed by atoms with Crippen LogP contribution in [0.5, 0.6) is 0 Å². The van der Waals surface area contributed by atoms with Crippen LogP contribution in [-0.4, -0.2) is 19.0 Å². The minimum atomic E-state index is 0.0498. The van der Waals surface area contributed by atoms with Gasteiger partial charge in [0.05, 0.1) is 6.54 Å². The first-order valence-corrected chi connectivity index (χ1v) is 8.29. The first kappa shape index (κ1) is 15.3. The maximum Gasteiger partial charge on any atom is 0.238 e. The van der Waals surface area contributed by atoms with Crippen molar-refractivity contribution < 1.29 is 4.79 Å². The number of aryl methyl sites for hydroxylation is 3. The number of fused-ring (bicyclic) bond motifs is 2. The Morgan fingerprint density at radius 1 is 1.14 bits per heavy atom. The molecule has 2 N–H and O–H groups in total. The fraction of sp³-hybridized carbons (Fsp3) is 0.526. The molecule has 0 radical (unpaired) electrons. The molecule has 3 atom stereocenters. The number of rotatable bonds is 5. The van der Waals surface area contributed by atoms with E-state index in [0.717, 1.165) is 35.2 Å². The van der Waals surface area contributed by atoms with Crippen LogP contribution in [0, 0.1) is 38.5 Å². The number of nitrogens with one attached hydrogen (secondary N) is 2. The molecular formula is C19H26N2O. The molecule has 0 aromatic heterocycles. The van der Waals surface area contributed by atoms with E-state index in [1.54, 1.807) is 0 Å². The lowest BCUT2D eigenvalue weighted by molar-refractivity contribution is -0.115. The van der Waals surface area contributed by atoms with Crippen molar-refractivity contribution in [1.82, 2.24) is 5.32 Å². The number of hydrogen-bond donors (Lipinski definition) is 2. The van der Waals surface area contributed by atoms with E-state index >= 15 is 0 Å². The lowest BCUT2D eigenvalue weighted by Gasteiger charge is -2.18. The van der Waals surface area contributed by atoms with E-state index < -0.39 is 0 Å². The lowest BCUT2D eigenvalue weighted by atomic mass is 9.94. The molecule has 118 valence electrons. The highest BCUT2D eigenvalue weighted by molar-refractivity contribution is 5.93. The van der Waals surface area contributed by atoms with Crippen molar-refractivity contribution in [3.63, 3.8) is 0 Å². The number of carbonyl (C=O) groups excluding carboxylic acids is 1. The maximum absolute atomic E-state index is 12.1. The van der Waals surface area contributed by atoms with Crippen LogP contribution < -0.4 is 10.6 Å². The van der Waals surface area contributed by atoms with Gasteiger partial charge in [0.1, 0.15) is 0 Å². The van der Waals surface area contributed by atoms with Crippen molar-refractivity contribution in [3.05, 3.63) is 41.0 Å². The highest BCUT2D eigenvalue weighted by Crippen LogP contribution is 2.42. The zero-order chi connectivity index (χ0) is 15.7. The highest BCUT2D eigenvalue weighted by Gasteiger charge is 2.35. The van der Waals surface area contributed by atoms with Crippen molar-refractivity contribution in [3.8, 4) is 0 Å². The van der Waals surface area contributed by atoms with Crippen LogP contribution in [0.1, 0.15) is 29.5 Å². The molecule has 2 bridgehead atoms. The molecule has 1 amide bonds. The number of allylic oxidation sites excluding steroid dienone is 2. The summed E-state index contributed by atoms with van der Waals surface area (Å²) >= 11 is 0. The van der Waals surface area contributed by atoms with Crippen LogP contribution in [0.25, 0.3) is 0 Å². The zero-order valence-corrected chi connectivity index (χ0v) is 13.8. The van der Waals surface area contributed by atoms with Crippen LogP contribution >= 0.6 is 0 Å². The van der Waals surface area contributed by atoms with Crippen LogP contribution in [0.15, 0.2) is 24.3 Å². The third-order valence-electron chi connectivity index (χ3n) is 5.05. The van der Waals surface area contributed by atoms with Gasteiger partial charge >= 0.3 is 0 Å². The largest absolute Gasteiger partial charge is 0.324 e. The van der Waals surface area contributed by atoms with Crippen molar-refractivity contribution in [2.45, 2.75) is 33.6 Å². The van der Waals surface area contributed by atoms with E-state index in [9.17, 15) is 4.79 Å². The van der Waals surface area contributed by atoms with Gasteiger partial charge in [-0.2, -0.15) is 0 Å². The summed E-state index contributed by atoms with van der Waals surface area (Å²) in [6.07, 6.45) is 7.32. The van der Waals surface area contributed by atoms with Crippen LogP contribution in [0.4, 0.5) is 5.69 Å². The number of benzene rings is 1. The van der Waals surface area contributed by atoms with E-state index in [4.69, 9.17) is 0 Å². The van der Waals surface area contributed by atoms with Gasteiger partial charge in [-0.3, -0.25) is 4.79 Å². The molecule has 1 saturated carbocycles. The number of carbonyl (C=O) groups is 1. The van der Waals surface area contributed by atoms with Crippen molar-refractivity contribution in [1.29, 1.82) is 0 Å². The minimum Gasteiger partial charge on any atom is -0.324 e.